The average molecular weight is 371 g/mol. The molecule has 1 unspecified atom stereocenters. The van der Waals surface area contributed by atoms with Gasteiger partial charge in [-0.3, -0.25) is 9.59 Å². The molecule has 0 fully saturated rings. The first kappa shape index (κ1) is 20.3. The largest absolute Gasteiger partial charge is 0.493 e. The molecule has 0 aliphatic heterocycles. The van der Waals surface area contributed by atoms with Crippen LogP contribution < -0.4 is 19.9 Å². The number of amides is 1. The first-order valence-electron chi connectivity index (χ1n) is 8.66. The van der Waals surface area contributed by atoms with E-state index in [0.29, 0.717) is 29.2 Å². The summed E-state index contributed by atoms with van der Waals surface area (Å²) in [7, 11) is 4.52. The van der Waals surface area contributed by atoms with E-state index in [1.54, 1.807) is 12.1 Å². The summed E-state index contributed by atoms with van der Waals surface area (Å²) in [5.74, 6) is 0.723. The Morgan fingerprint density at radius 1 is 0.963 bits per heavy atom. The highest BCUT2D eigenvalue weighted by atomic mass is 16.5. The summed E-state index contributed by atoms with van der Waals surface area (Å²) in [6.07, 6.45) is 0.980. The third-order valence-corrected chi connectivity index (χ3v) is 4.43. The van der Waals surface area contributed by atoms with Gasteiger partial charge in [0.25, 0.3) is 0 Å². The molecule has 0 heterocycles. The molecule has 0 spiro atoms. The second kappa shape index (κ2) is 9.62. The fraction of sp³-hybridized carbons (Fsp3) is 0.333. The van der Waals surface area contributed by atoms with Gasteiger partial charge >= 0.3 is 0 Å². The SMILES string of the molecule is COc1cc(C(=O)CC(CCC(N)=O)c2ccccc2)cc(OC)c1OC. The van der Waals surface area contributed by atoms with Crippen LogP contribution in [0.2, 0.25) is 0 Å². The lowest BCUT2D eigenvalue weighted by Gasteiger charge is -2.17. The topological polar surface area (TPSA) is 87.9 Å². The van der Waals surface area contributed by atoms with Gasteiger partial charge in [0, 0.05) is 18.4 Å². The molecule has 0 aliphatic carbocycles. The van der Waals surface area contributed by atoms with Crippen LogP contribution in [-0.2, 0) is 4.79 Å². The number of methoxy groups -OCH3 is 3. The fourth-order valence-electron chi connectivity index (χ4n) is 3.01. The molecule has 2 aromatic rings. The second-order valence-corrected chi connectivity index (χ2v) is 6.15. The van der Waals surface area contributed by atoms with Gasteiger partial charge in [0.15, 0.2) is 17.3 Å². The highest BCUT2D eigenvalue weighted by Gasteiger charge is 2.21. The van der Waals surface area contributed by atoms with Gasteiger partial charge in [-0.15, -0.1) is 0 Å². The van der Waals surface area contributed by atoms with Crippen molar-refractivity contribution in [2.24, 2.45) is 5.73 Å². The van der Waals surface area contributed by atoms with Crippen molar-refractivity contribution in [2.45, 2.75) is 25.2 Å². The van der Waals surface area contributed by atoms with Gasteiger partial charge in [0.1, 0.15) is 0 Å². The number of benzene rings is 2. The van der Waals surface area contributed by atoms with E-state index in [1.165, 1.54) is 21.3 Å². The molecule has 0 saturated heterocycles. The van der Waals surface area contributed by atoms with Crippen LogP contribution in [0, 0.1) is 0 Å². The van der Waals surface area contributed by atoms with Crippen molar-refractivity contribution in [3.63, 3.8) is 0 Å². The van der Waals surface area contributed by atoms with Gasteiger partial charge in [-0.2, -0.15) is 0 Å². The van der Waals surface area contributed by atoms with E-state index in [-0.39, 0.29) is 30.4 Å². The van der Waals surface area contributed by atoms with Gasteiger partial charge in [-0.05, 0) is 30.0 Å². The zero-order valence-corrected chi connectivity index (χ0v) is 15.9. The molecule has 0 radical (unpaired) electrons. The Balaban J connectivity index is 2.30. The van der Waals surface area contributed by atoms with Crippen LogP contribution in [0.3, 0.4) is 0 Å². The number of ether oxygens (including phenoxy) is 3. The molecule has 6 nitrogen and oxygen atoms in total. The van der Waals surface area contributed by atoms with Gasteiger partial charge in [-0.1, -0.05) is 30.3 Å². The Labute approximate surface area is 159 Å². The van der Waals surface area contributed by atoms with E-state index >= 15 is 0 Å². The smallest absolute Gasteiger partial charge is 0.217 e. The number of rotatable bonds is 10. The Bertz CT molecular complexity index is 763. The first-order chi connectivity index (χ1) is 13.0. The summed E-state index contributed by atoms with van der Waals surface area (Å²) in [5.41, 5.74) is 6.76. The molecule has 0 bridgehead atoms. The molecule has 0 aliphatic rings. The molecular formula is C21H25NO5. The van der Waals surface area contributed by atoms with Gasteiger partial charge in [-0.25, -0.2) is 0 Å². The summed E-state index contributed by atoms with van der Waals surface area (Å²) in [4.78, 5) is 24.2. The van der Waals surface area contributed by atoms with Crippen LogP contribution >= 0.6 is 0 Å². The quantitative estimate of drug-likeness (QED) is 0.647. The molecule has 0 saturated carbocycles. The minimum absolute atomic E-state index is 0.0763. The highest BCUT2D eigenvalue weighted by Crippen LogP contribution is 2.39. The van der Waals surface area contributed by atoms with Gasteiger partial charge in [0.05, 0.1) is 21.3 Å². The average Bonchev–Trinajstić information content (AvgIpc) is 2.70. The molecule has 1 atom stereocenters. The van der Waals surface area contributed by atoms with Crippen LogP contribution in [0.15, 0.2) is 42.5 Å². The van der Waals surface area contributed by atoms with E-state index < -0.39 is 0 Å². The van der Waals surface area contributed by atoms with Crippen LogP contribution in [-0.4, -0.2) is 33.0 Å². The predicted molar refractivity (Wildman–Crippen MR) is 103 cm³/mol. The number of hydrogen-bond acceptors (Lipinski definition) is 5. The molecule has 6 heteroatoms. The van der Waals surface area contributed by atoms with Gasteiger partial charge < -0.3 is 19.9 Å². The zero-order chi connectivity index (χ0) is 19.8. The maximum atomic E-state index is 12.9. The zero-order valence-electron chi connectivity index (χ0n) is 15.9. The highest BCUT2D eigenvalue weighted by molar-refractivity contribution is 5.98. The number of Topliss-reactive ketones (excluding diaryl/α,β-unsaturated/α-hetero) is 1. The minimum atomic E-state index is -0.379. The standard InChI is InChI=1S/C21H25NO5/c1-25-18-12-16(13-19(26-2)21(18)27-3)17(23)11-15(9-10-20(22)24)14-7-5-4-6-8-14/h4-8,12-13,15H,9-11H2,1-3H3,(H2,22,24). The van der Waals surface area contributed by atoms with Crippen LogP contribution in [0.1, 0.15) is 41.1 Å². The maximum absolute atomic E-state index is 12.9. The predicted octanol–water partition coefficient (Wildman–Crippen LogP) is 3.33. The molecule has 2 N–H and O–H groups in total. The van der Waals surface area contributed by atoms with Crippen molar-refractivity contribution >= 4 is 11.7 Å². The number of carbonyl (C=O) groups excluding carboxylic acids is 2. The fourth-order valence-corrected chi connectivity index (χ4v) is 3.01. The molecular weight excluding hydrogens is 346 g/mol. The van der Waals surface area contributed by atoms with Crippen LogP contribution in [0.25, 0.3) is 0 Å². The molecule has 0 aromatic heterocycles. The van der Waals surface area contributed by atoms with Crippen molar-refractivity contribution in [2.75, 3.05) is 21.3 Å². The van der Waals surface area contributed by atoms with Crippen molar-refractivity contribution in [3.8, 4) is 17.2 Å². The number of ketones is 1. The Morgan fingerprint density at radius 2 is 1.56 bits per heavy atom. The second-order valence-electron chi connectivity index (χ2n) is 6.15. The van der Waals surface area contributed by atoms with E-state index in [0.717, 1.165) is 5.56 Å². The summed E-state index contributed by atoms with van der Waals surface area (Å²) in [6, 6.07) is 12.9. The van der Waals surface area contributed by atoms with E-state index in [9.17, 15) is 9.59 Å². The van der Waals surface area contributed by atoms with Crippen molar-refractivity contribution < 1.29 is 23.8 Å². The number of carbonyl (C=O) groups is 2. The minimum Gasteiger partial charge on any atom is -0.493 e. The lowest BCUT2D eigenvalue weighted by atomic mass is 9.88. The maximum Gasteiger partial charge on any atom is 0.217 e. The van der Waals surface area contributed by atoms with Crippen LogP contribution in [0.5, 0.6) is 17.2 Å². The Morgan fingerprint density at radius 3 is 2.04 bits per heavy atom. The monoisotopic (exact) mass is 371 g/mol. The molecule has 2 rings (SSSR count). The molecule has 2 aromatic carbocycles. The summed E-state index contributed by atoms with van der Waals surface area (Å²) >= 11 is 0. The summed E-state index contributed by atoms with van der Waals surface area (Å²) < 4.78 is 15.9. The Kier molecular flexibility index (Phi) is 7.23. The molecule has 144 valence electrons. The van der Waals surface area contributed by atoms with Crippen LogP contribution in [0.4, 0.5) is 0 Å². The van der Waals surface area contributed by atoms with Crippen molar-refractivity contribution in [1.29, 1.82) is 0 Å². The van der Waals surface area contributed by atoms with E-state index in [1.807, 2.05) is 30.3 Å². The Hall–Kier alpha value is -3.02. The van der Waals surface area contributed by atoms with Crippen molar-refractivity contribution in [3.05, 3.63) is 53.6 Å². The third-order valence-electron chi connectivity index (χ3n) is 4.43. The lowest BCUT2D eigenvalue weighted by Crippen LogP contribution is -2.14. The van der Waals surface area contributed by atoms with Crippen molar-refractivity contribution in [1.82, 2.24) is 0 Å². The molecule has 27 heavy (non-hydrogen) atoms. The molecule has 1 amide bonds. The third kappa shape index (κ3) is 5.23. The van der Waals surface area contributed by atoms with E-state index in [4.69, 9.17) is 19.9 Å². The van der Waals surface area contributed by atoms with E-state index in [2.05, 4.69) is 0 Å². The van der Waals surface area contributed by atoms with Gasteiger partial charge in [0.2, 0.25) is 11.7 Å². The first-order valence-corrected chi connectivity index (χ1v) is 8.66. The number of primary amides is 1. The normalized spacial score (nSPS) is 11.5. The summed E-state index contributed by atoms with van der Waals surface area (Å²) in [5, 5.41) is 0. The lowest BCUT2D eigenvalue weighted by molar-refractivity contribution is -0.118. The number of nitrogens with two attached hydrogens (primary N) is 1. The number of hydrogen-bond donors (Lipinski definition) is 1. The summed E-state index contributed by atoms with van der Waals surface area (Å²) in [6.45, 7) is 0.